The molecule has 1 aliphatic rings. The minimum absolute atomic E-state index is 0.0112. The largest absolute Gasteiger partial charge is 0.493 e. The summed E-state index contributed by atoms with van der Waals surface area (Å²) in [5.74, 6) is 0.507. The van der Waals surface area contributed by atoms with E-state index in [1.807, 2.05) is 31.2 Å². The number of esters is 1. The number of fused-ring (bicyclic) bond motifs is 1. The molecule has 3 rings (SSSR count). The van der Waals surface area contributed by atoms with Gasteiger partial charge in [-0.3, -0.25) is 9.59 Å². The number of anilines is 1. The van der Waals surface area contributed by atoms with E-state index in [0.29, 0.717) is 42.1 Å². The van der Waals surface area contributed by atoms with Crippen LogP contribution in [0.15, 0.2) is 49.1 Å². The minimum atomic E-state index is -0.889. The molecule has 0 spiro atoms. The molecule has 0 saturated heterocycles. The van der Waals surface area contributed by atoms with Gasteiger partial charge in [-0.05, 0) is 42.5 Å². The Labute approximate surface area is 229 Å². The third-order valence-corrected chi connectivity index (χ3v) is 6.56. The van der Waals surface area contributed by atoms with Gasteiger partial charge in [-0.15, -0.1) is 0 Å². The Kier molecular flexibility index (Phi) is 10.7. The monoisotopic (exact) mass is 540 g/mol. The molecule has 2 unspecified atom stereocenters. The van der Waals surface area contributed by atoms with E-state index in [4.69, 9.17) is 18.9 Å². The lowest BCUT2D eigenvalue weighted by atomic mass is 9.93. The Balaban J connectivity index is 2.02. The van der Waals surface area contributed by atoms with Crippen molar-refractivity contribution >= 4 is 24.2 Å². The predicted molar refractivity (Wildman–Crippen MR) is 145 cm³/mol. The molecule has 210 valence electrons. The summed E-state index contributed by atoms with van der Waals surface area (Å²) in [6.45, 7) is 6.06. The zero-order valence-electron chi connectivity index (χ0n) is 22.9. The van der Waals surface area contributed by atoms with Crippen LogP contribution in [-0.2, 0) is 36.8 Å². The Bertz CT molecular complexity index is 1170. The van der Waals surface area contributed by atoms with Gasteiger partial charge in [0.05, 0.1) is 32.6 Å². The normalized spacial score (nSPS) is 15.0. The molecule has 1 aliphatic heterocycles. The molecule has 2 aromatic carbocycles. The quantitative estimate of drug-likeness (QED) is 0.123. The lowest BCUT2D eigenvalue weighted by Gasteiger charge is -2.42. The van der Waals surface area contributed by atoms with E-state index in [0.717, 1.165) is 17.5 Å². The van der Waals surface area contributed by atoms with E-state index >= 15 is 0 Å². The maximum atomic E-state index is 13.5. The summed E-state index contributed by atoms with van der Waals surface area (Å²) >= 11 is 0. The van der Waals surface area contributed by atoms with Crippen LogP contribution in [0.25, 0.3) is 0 Å². The van der Waals surface area contributed by atoms with Crippen LogP contribution in [0.5, 0.6) is 11.5 Å². The fourth-order valence-electron chi connectivity index (χ4n) is 4.60. The number of nitrogens with zero attached hydrogens (tertiary/aromatic N) is 2. The first kappa shape index (κ1) is 29.5. The molecule has 0 aliphatic carbocycles. The summed E-state index contributed by atoms with van der Waals surface area (Å²) < 4.78 is 27.5. The number of benzene rings is 2. The van der Waals surface area contributed by atoms with E-state index < -0.39 is 18.4 Å². The zero-order valence-corrected chi connectivity index (χ0v) is 22.9. The molecule has 39 heavy (non-hydrogen) atoms. The van der Waals surface area contributed by atoms with Crippen LogP contribution in [-0.4, -0.2) is 70.2 Å². The average molecular weight is 541 g/mol. The summed E-state index contributed by atoms with van der Waals surface area (Å²) in [5.41, 5.74) is 3.27. The molecule has 0 aromatic heterocycles. The molecule has 0 saturated carbocycles. The van der Waals surface area contributed by atoms with Crippen molar-refractivity contribution in [3.63, 3.8) is 0 Å². The topological polar surface area (TPSA) is 104 Å². The molecule has 0 radical (unpaired) electrons. The van der Waals surface area contributed by atoms with Gasteiger partial charge in [-0.25, -0.2) is 9.69 Å². The fraction of sp³-hybridized carbons (Fsp3) is 0.414. The molecule has 2 amide bonds. The molecule has 10 nitrogen and oxygen atoms in total. The highest BCUT2D eigenvalue weighted by Crippen LogP contribution is 2.38. The minimum Gasteiger partial charge on any atom is -0.493 e. The maximum absolute atomic E-state index is 13.5. The Morgan fingerprint density at radius 3 is 2.54 bits per heavy atom. The second-order valence-corrected chi connectivity index (χ2v) is 9.00. The third kappa shape index (κ3) is 7.08. The van der Waals surface area contributed by atoms with Gasteiger partial charge in [0, 0.05) is 26.1 Å². The number of carbonyl (C=O) groups is 3. The van der Waals surface area contributed by atoms with Crippen molar-refractivity contribution in [3.05, 3.63) is 65.7 Å². The van der Waals surface area contributed by atoms with Crippen LogP contribution in [0.1, 0.15) is 29.5 Å². The van der Waals surface area contributed by atoms with Gasteiger partial charge < -0.3 is 28.6 Å². The van der Waals surface area contributed by atoms with E-state index in [1.54, 1.807) is 17.0 Å². The molecule has 2 atom stereocenters. The van der Waals surface area contributed by atoms with Gasteiger partial charge in [0.1, 0.15) is 6.61 Å². The molecule has 2 aromatic rings. The number of hydrogen-bond acceptors (Lipinski definition) is 8. The van der Waals surface area contributed by atoms with Gasteiger partial charge in [0.2, 0.25) is 6.41 Å². The second kappa shape index (κ2) is 14.2. The summed E-state index contributed by atoms with van der Waals surface area (Å²) in [4.78, 5) is 40.2. The van der Waals surface area contributed by atoms with E-state index in [-0.39, 0.29) is 25.6 Å². The van der Waals surface area contributed by atoms with Crippen LogP contribution in [0, 0.1) is 6.92 Å². The van der Waals surface area contributed by atoms with Gasteiger partial charge in [0.15, 0.2) is 17.7 Å². The first-order valence-electron chi connectivity index (χ1n) is 12.6. The van der Waals surface area contributed by atoms with Gasteiger partial charge in [0.25, 0.3) is 0 Å². The first-order chi connectivity index (χ1) is 18.9. The Morgan fingerprint density at radius 1 is 1.15 bits per heavy atom. The van der Waals surface area contributed by atoms with Gasteiger partial charge >= 0.3 is 12.1 Å². The van der Waals surface area contributed by atoms with Crippen molar-refractivity contribution in [1.29, 1.82) is 0 Å². The van der Waals surface area contributed by atoms with Gasteiger partial charge in [-0.1, -0.05) is 36.9 Å². The van der Waals surface area contributed by atoms with Crippen molar-refractivity contribution in [2.24, 2.45) is 0 Å². The first-order valence-corrected chi connectivity index (χ1v) is 12.6. The fourth-order valence-corrected chi connectivity index (χ4v) is 4.60. The number of methoxy groups -OCH3 is 3. The highest BCUT2D eigenvalue weighted by molar-refractivity contribution is 5.90. The summed E-state index contributed by atoms with van der Waals surface area (Å²) in [6.07, 6.45) is 1.80. The summed E-state index contributed by atoms with van der Waals surface area (Å²) in [5, 5.41) is 0. The smallest absolute Gasteiger partial charge is 0.416 e. The maximum Gasteiger partial charge on any atom is 0.416 e. The highest BCUT2D eigenvalue weighted by atomic mass is 16.6. The lowest BCUT2D eigenvalue weighted by molar-refractivity contribution is -0.140. The van der Waals surface area contributed by atoms with Crippen molar-refractivity contribution in [3.8, 4) is 11.5 Å². The second-order valence-electron chi connectivity index (χ2n) is 9.00. The van der Waals surface area contributed by atoms with Crippen LogP contribution >= 0.6 is 0 Å². The van der Waals surface area contributed by atoms with Crippen LogP contribution in [0.4, 0.5) is 10.5 Å². The summed E-state index contributed by atoms with van der Waals surface area (Å²) in [6, 6.07) is 10.8. The van der Waals surface area contributed by atoms with Crippen LogP contribution in [0.3, 0.4) is 0 Å². The van der Waals surface area contributed by atoms with Crippen molar-refractivity contribution < 1.29 is 38.1 Å². The summed E-state index contributed by atoms with van der Waals surface area (Å²) in [7, 11) is 4.34. The lowest BCUT2D eigenvalue weighted by Crippen LogP contribution is -2.57. The average Bonchev–Trinajstić information content (AvgIpc) is 2.96. The Morgan fingerprint density at radius 2 is 1.90 bits per heavy atom. The van der Waals surface area contributed by atoms with Crippen molar-refractivity contribution in [1.82, 2.24) is 4.90 Å². The predicted octanol–water partition coefficient (Wildman–Crippen LogP) is 4.02. The van der Waals surface area contributed by atoms with E-state index in [9.17, 15) is 14.4 Å². The van der Waals surface area contributed by atoms with E-state index in [1.165, 1.54) is 32.3 Å². The standard InChI is InChI=1S/C29H36N2O8/c1-6-13-39-29(34)31(28(37-5)24-16-21-10-7-8-11-22(21)18-30(24)19-32)23-17-26(25(35-3)15-20(23)2)38-14-9-12-27(33)36-4/h6-8,10-11,15,17,19,24,28H,1,9,12-14,16,18H2,2-5H3. The number of aryl methyl sites for hydroxylation is 1. The number of carbonyl (C=O) groups excluding carboxylic acids is 3. The SMILES string of the molecule is C=CCOC(=O)N(c1cc(OCCCC(=O)OC)c(OC)cc1C)C(OC)C1Cc2ccccc2CN1C=O. The van der Waals surface area contributed by atoms with Crippen LogP contribution < -0.4 is 14.4 Å². The molecule has 0 bridgehead atoms. The number of rotatable bonds is 13. The zero-order chi connectivity index (χ0) is 28.4. The molecule has 10 heteroatoms. The molecule has 0 N–H and O–H groups in total. The van der Waals surface area contributed by atoms with Crippen LogP contribution in [0.2, 0.25) is 0 Å². The molecule has 1 heterocycles. The molecular formula is C29H36N2O8. The van der Waals surface area contributed by atoms with E-state index in [2.05, 4.69) is 11.3 Å². The number of hydrogen-bond donors (Lipinski definition) is 0. The van der Waals surface area contributed by atoms with Crippen molar-refractivity contribution in [2.75, 3.05) is 39.4 Å². The molecular weight excluding hydrogens is 504 g/mol. The number of ether oxygens (including phenoxy) is 5. The highest BCUT2D eigenvalue weighted by Gasteiger charge is 2.40. The number of amides is 2. The Hall–Kier alpha value is -4.05. The van der Waals surface area contributed by atoms with Gasteiger partial charge in [-0.2, -0.15) is 0 Å². The third-order valence-electron chi connectivity index (χ3n) is 6.56. The molecule has 0 fully saturated rings. The van der Waals surface area contributed by atoms with Crippen molar-refractivity contribution in [2.45, 2.75) is 45.0 Å².